The Labute approximate surface area is 114 Å². The van der Waals surface area contributed by atoms with Crippen molar-refractivity contribution in [2.75, 3.05) is 12.4 Å². The van der Waals surface area contributed by atoms with Crippen molar-refractivity contribution in [3.8, 4) is 5.75 Å². The summed E-state index contributed by atoms with van der Waals surface area (Å²) in [5.41, 5.74) is 4.62. The molecule has 2 rings (SSSR count). The third-order valence-corrected chi connectivity index (χ3v) is 3.47. The highest BCUT2D eigenvalue weighted by Crippen LogP contribution is 2.25. The SMILES string of the molecule is COc1ccc(NC(C)c2c(C)nn(C)c2C)cc1. The van der Waals surface area contributed by atoms with Crippen LogP contribution >= 0.6 is 0 Å². The number of anilines is 1. The second-order valence-corrected chi connectivity index (χ2v) is 4.80. The van der Waals surface area contributed by atoms with Gasteiger partial charge in [0.2, 0.25) is 0 Å². The summed E-state index contributed by atoms with van der Waals surface area (Å²) in [7, 11) is 3.65. The molecule has 0 radical (unpaired) electrons. The molecule has 4 heteroatoms. The molecule has 0 spiro atoms. The quantitative estimate of drug-likeness (QED) is 0.916. The van der Waals surface area contributed by atoms with Crippen LogP contribution in [0.25, 0.3) is 0 Å². The number of rotatable bonds is 4. The molecule has 1 aromatic heterocycles. The van der Waals surface area contributed by atoms with Crippen LogP contribution in [0.1, 0.15) is 29.9 Å². The number of nitrogens with one attached hydrogen (secondary N) is 1. The molecule has 0 saturated heterocycles. The average Bonchev–Trinajstić information content (AvgIpc) is 2.64. The lowest BCUT2D eigenvalue weighted by atomic mass is 10.1. The van der Waals surface area contributed by atoms with Gasteiger partial charge in [-0.1, -0.05) is 0 Å². The Morgan fingerprint density at radius 1 is 1.21 bits per heavy atom. The fourth-order valence-corrected chi connectivity index (χ4v) is 2.43. The van der Waals surface area contributed by atoms with E-state index in [0.29, 0.717) is 0 Å². The largest absolute Gasteiger partial charge is 0.497 e. The fraction of sp³-hybridized carbons (Fsp3) is 0.400. The number of aromatic nitrogens is 2. The van der Waals surface area contributed by atoms with Gasteiger partial charge in [-0.15, -0.1) is 0 Å². The first-order valence-corrected chi connectivity index (χ1v) is 6.43. The maximum Gasteiger partial charge on any atom is 0.119 e. The molecular weight excluding hydrogens is 238 g/mol. The molecule has 1 aromatic carbocycles. The summed E-state index contributed by atoms with van der Waals surface area (Å²) < 4.78 is 7.09. The topological polar surface area (TPSA) is 39.1 Å². The van der Waals surface area contributed by atoms with Gasteiger partial charge in [0.25, 0.3) is 0 Å². The molecule has 102 valence electrons. The summed E-state index contributed by atoms with van der Waals surface area (Å²) in [6, 6.07) is 8.19. The molecule has 0 aliphatic heterocycles. The lowest BCUT2D eigenvalue weighted by Crippen LogP contribution is -2.08. The van der Waals surface area contributed by atoms with Gasteiger partial charge < -0.3 is 10.1 Å². The van der Waals surface area contributed by atoms with Crippen LogP contribution < -0.4 is 10.1 Å². The Kier molecular flexibility index (Phi) is 3.79. The van der Waals surface area contributed by atoms with E-state index in [-0.39, 0.29) is 6.04 Å². The minimum absolute atomic E-state index is 0.224. The van der Waals surface area contributed by atoms with Crippen molar-refractivity contribution in [3.63, 3.8) is 0 Å². The maximum absolute atomic E-state index is 5.16. The van der Waals surface area contributed by atoms with Crippen molar-refractivity contribution < 1.29 is 4.74 Å². The molecular formula is C15H21N3O. The molecule has 0 bridgehead atoms. The van der Waals surface area contributed by atoms with Gasteiger partial charge in [-0.25, -0.2) is 0 Å². The Morgan fingerprint density at radius 3 is 2.32 bits per heavy atom. The zero-order valence-electron chi connectivity index (χ0n) is 12.2. The van der Waals surface area contributed by atoms with E-state index in [1.165, 1.54) is 11.3 Å². The molecule has 0 aliphatic carbocycles. The summed E-state index contributed by atoms with van der Waals surface area (Å²) in [5.74, 6) is 0.868. The molecule has 4 nitrogen and oxygen atoms in total. The molecule has 1 heterocycles. The molecule has 1 unspecified atom stereocenters. The van der Waals surface area contributed by atoms with Crippen LogP contribution in [0.5, 0.6) is 5.75 Å². The summed E-state index contributed by atoms with van der Waals surface area (Å²) in [6.45, 7) is 6.30. The average molecular weight is 259 g/mol. The van der Waals surface area contributed by atoms with Gasteiger partial charge in [-0.05, 0) is 45.0 Å². The van der Waals surface area contributed by atoms with Crippen molar-refractivity contribution in [1.82, 2.24) is 9.78 Å². The van der Waals surface area contributed by atoms with Crippen LogP contribution in [0.2, 0.25) is 0 Å². The number of ether oxygens (including phenoxy) is 1. The van der Waals surface area contributed by atoms with Crippen molar-refractivity contribution in [2.24, 2.45) is 7.05 Å². The summed E-state index contributed by atoms with van der Waals surface area (Å²) >= 11 is 0. The number of hydrogen-bond donors (Lipinski definition) is 1. The first-order chi connectivity index (χ1) is 9.02. The minimum atomic E-state index is 0.224. The fourth-order valence-electron chi connectivity index (χ4n) is 2.43. The molecule has 0 fully saturated rings. The number of nitrogens with zero attached hydrogens (tertiary/aromatic N) is 2. The molecule has 0 aliphatic rings. The van der Waals surface area contributed by atoms with Crippen molar-refractivity contribution in [2.45, 2.75) is 26.8 Å². The number of benzene rings is 1. The van der Waals surface area contributed by atoms with Crippen molar-refractivity contribution in [3.05, 3.63) is 41.2 Å². The zero-order chi connectivity index (χ0) is 14.0. The lowest BCUT2D eigenvalue weighted by Gasteiger charge is -2.16. The smallest absolute Gasteiger partial charge is 0.119 e. The molecule has 0 saturated carbocycles. The van der Waals surface area contributed by atoms with Crippen LogP contribution in [-0.4, -0.2) is 16.9 Å². The van der Waals surface area contributed by atoms with Crippen molar-refractivity contribution in [1.29, 1.82) is 0 Å². The van der Waals surface area contributed by atoms with Crippen LogP contribution in [0.15, 0.2) is 24.3 Å². The number of hydrogen-bond acceptors (Lipinski definition) is 3. The van der Waals surface area contributed by atoms with Gasteiger partial charge in [-0.2, -0.15) is 5.10 Å². The van der Waals surface area contributed by atoms with Crippen LogP contribution in [0.3, 0.4) is 0 Å². The monoisotopic (exact) mass is 259 g/mol. The molecule has 1 atom stereocenters. The lowest BCUT2D eigenvalue weighted by molar-refractivity contribution is 0.415. The van der Waals surface area contributed by atoms with Crippen LogP contribution in [0.4, 0.5) is 5.69 Å². The van der Waals surface area contributed by atoms with E-state index in [2.05, 4.69) is 31.2 Å². The van der Waals surface area contributed by atoms with E-state index in [4.69, 9.17) is 4.74 Å². The van der Waals surface area contributed by atoms with Crippen molar-refractivity contribution >= 4 is 5.69 Å². The van der Waals surface area contributed by atoms with Gasteiger partial charge >= 0.3 is 0 Å². The maximum atomic E-state index is 5.16. The predicted octanol–water partition coefficient (Wildman–Crippen LogP) is 3.22. The first kappa shape index (κ1) is 13.5. The van der Waals surface area contributed by atoms with E-state index in [1.807, 2.05) is 36.0 Å². The van der Waals surface area contributed by atoms with E-state index in [9.17, 15) is 0 Å². The minimum Gasteiger partial charge on any atom is -0.497 e. The van der Waals surface area contributed by atoms with E-state index < -0.39 is 0 Å². The standard InChI is InChI=1S/C15H21N3O/c1-10(15-11(2)17-18(4)12(15)3)16-13-6-8-14(19-5)9-7-13/h6-10,16H,1-5H3. The third kappa shape index (κ3) is 2.72. The molecule has 1 N–H and O–H groups in total. The first-order valence-electron chi connectivity index (χ1n) is 6.43. The Hall–Kier alpha value is -1.97. The number of aryl methyl sites for hydroxylation is 2. The summed E-state index contributed by atoms with van der Waals surface area (Å²) in [6.07, 6.45) is 0. The highest BCUT2D eigenvalue weighted by Gasteiger charge is 2.15. The second kappa shape index (κ2) is 5.34. The van der Waals surface area contributed by atoms with Gasteiger partial charge in [0.05, 0.1) is 18.8 Å². The van der Waals surface area contributed by atoms with E-state index in [0.717, 1.165) is 17.1 Å². The Balaban J connectivity index is 2.18. The van der Waals surface area contributed by atoms with Gasteiger partial charge in [0.1, 0.15) is 5.75 Å². The van der Waals surface area contributed by atoms with Crippen LogP contribution in [-0.2, 0) is 7.05 Å². The Morgan fingerprint density at radius 2 is 1.84 bits per heavy atom. The van der Waals surface area contributed by atoms with E-state index in [1.54, 1.807) is 7.11 Å². The van der Waals surface area contributed by atoms with Gasteiger partial charge in [-0.3, -0.25) is 4.68 Å². The molecule has 2 aromatic rings. The zero-order valence-corrected chi connectivity index (χ0v) is 12.2. The third-order valence-electron chi connectivity index (χ3n) is 3.47. The predicted molar refractivity (Wildman–Crippen MR) is 77.7 cm³/mol. The van der Waals surface area contributed by atoms with Crippen LogP contribution in [0, 0.1) is 13.8 Å². The summed E-state index contributed by atoms with van der Waals surface area (Å²) in [5, 5.41) is 7.95. The number of methoxy groups -OCH3 is 1. The van der Waals surface area contributed by atoms with Gasteiger partial charge in [0, 0.05) is 24.0 Å². The highest BCUT2D eigenvalue weighted by molar-refractivity contribution is 5.48. The second-order valence-electron chi connectivity index (χ2n) is 4.80. The van der Waals surface area contributed by atoms with E-state index >= 15 is 0 Å². The molecule has 0 amide bonds. The normalized spacial score (nSPS) is 12.3. The highest BCUT2D eigenvalue weighted by atomic mass is 16.5. The molecule has 19 heavy (non-hydrogen) atoms. The van der Waals surface area contributed by atoms with Gasteiger partial charge in [0.15, 0.2) is 0 Å². The Bertz CT molecular complexity index is 558. The summed E-state index contributed by atoms with van der Waals surface area (Å²) in [4.78, 5) is 0.